The first-order chi connectivity index (χ1) is 13.2. The first kappa shape index (κ1) is 21.8. The van der Waals surface area contributed by atoms with Crippen LogP contribution in [0.3, 0.4) is 0 Å². The number of amides is 1. The number of carbonyl (C=O) groups excluding carboxylic acids is 1. The van der Waals surface area contributed by atoms with Crippen LogP contribution in [0.1, 0.15) is 34.7 Å². The predicted octanol–water partition coefficient (Wildman–Crippen LogP) is 4.40. The molecule has 0 saturated heterocycles. The third-order valence-corrected chi connectivity index (χ3v) is 5.23. The van der Waals surface area contributed by atoms with Crippen molar-refractivity contribution in [3.8, 4) is 11.5 Å². The van der Waals surface area contributed by atoms with Crippen molar-refractivity contribution < 1.29 is 14.3 Å². The number of carbonyl (C=O) groups is 1. The lowest BCUT2D eigenvalue weighted by Gasteiger charge is -2.26. The third kappa shape index (κ3) is 4.84. The molecule has 28 heavy (non-hydrogen) atoms. The lowest BCUT2D eigenvalue weighted by molar-refractivity contribution is -0.120. The minimum absolute atomic E-state index is 0.0179. The Hall–Kier alpha value is -2.53. The number of rotatable bonds is 7. The Labute approximate surface area is 168 Å². The Morgan fingerprint density at radius 3 is 2.04 bits per heavy atom. The minimum Gasteiger partial charge on any atom is -0.493 e. The molecule has 1 unspecified atom stereocenters. The molecule has 1 atom stereocenters. The minimum atomic E-state index is -0.285. The fraction of sp³-hybridized carbons (Fsp3) is 0.435. The number of methoxy groups -OCH3 is 2. The maximum Gasteiger partial charge on any atom is 0.241 e. The van der Waals surface area contributed by atoms with Crippen LogP contribution in [0.25, 0.3) is 0 Å². The standard InChI is InChI=1S/C23H32N2O3/c1-14-9-16(3)22(17(4)10-14)24-23(26)18(5)25(6)13-19-12-21(28-8)20(27-7)11-15(19)2/h9-12,18H,13H2,1-8H3,(H,24,26). The van der Waals surface area contributed by atoms with E-state index in [-0.39, 0.29) is 11.9 Å². The van der Waals surface area contributed by atoms with Gasteiger partial charge in [0.2, 0.25) is 5.91 Å². The second kappa shape index (κ2) is 9.11. The highest BCUT2D eigenvalue weighted by atomic mass is 16.5. The summed E-state index contributed by atoms with van der Waals surface area (Å²) in [5, 5.41) is 3.10. The first-order valence-electron chi connectivity index (χ1n) is 9.48. The highest BCUT2D eigenvalue weighted by molar-refractivity contribution is 5.95. The van der Waals surface area contributed by atoms with Gasteiger partial charge in [0.15, 0.2) is 11.5 Å². The second-order valence-corrected chi connectivity index (χ2v) is 7.49. The van der Waals surface area contributed by atoms with Crippen molar-refractivity contribution in [3.05, 3.63) is 52.1 Å². The molecule has 0 fully saturated rings. The summed E-state index contributed by atoms with van der Waals surface area (Å²) in [5.41, 5.74) is 6.46. The van der Waals surface area contributed by atoms with Crippen molar-refractivity contribution in [3.63, 3.8) is 0 Å². The zero-order valence-electron chi connectivity index (χ0n) is 18.3. The maximum absolute atomic E-state index is 12.8. The molecule has 1 amide bonds. The second-order valence-electron chi connectivity index (χ2n) is 7.49. The molecule has 0 aliphatic heterocycles. The Bertz CT molecular complexity index is 838. The van der Waals surface area contributed by atoms with Crippen LogP contribution in [-0.2, 0) is 11.3 Å². The molecular formula is C23H32N2O3. The number of aryl methyl sites for hydroxylation is 4. The van der Waals surface area contributed by atoms with Crippen LogP contribution in [0.15, 0.2) is 24.3 Å². The van der Waals surface area contributed by atoms with Gasteiger partial charge in [0.1, 0.15) is 0 Å². The Balaban J connectivity index is 2.14. The number of hydrogen-bond acceptors (Lipinski definition) is 4. The summed E-state index contributed by atoms with van der Waals surface area (Å²) in [6.45, 7) is 10.7. The molecule has 5 nitrogen and oxygen atoms in total. The van der Waals surface area contributed by atoms with E-state index in [9.17, 15) is 4.79 Å². The van der Waals surface area contributed by atoms with Gasteiger partial charge in [0.05, 0.1) is 20.3 Å². The molecule has 2 aromatic carbocycles. The number of nitrogens with zero attached hydrogens (tertiary/aromatic N) is 1. The number of ether oxygens (including phenoxy) is 2. The van der Waals surface area contributed by atoms with Crippen LogP contribution in [-0.4, -0.2) is 38.1 Å². The smallest absolute Gasteiger partial charge is 0.241 e. The van der Waals surface area contributed by atoms with Gasteiger partial charge in [-0.25, -0.2) is 0 Å². The summed E-state index contributed by atoms with van der Waals surface area (Å²) in [5.74, 6) is 1.39. The van der Waals surface area contributed by atoms with Gasteiger partial charge < -0.3 is 14.8 Å². The average molecular weight is 385 g/mol. The van der Waals surface area contributed by atoms with Crippen LogP contribution in [0.5, 0.6) is 11.5 Å². The Morgan fingerprint density at radius 1 is 0.964 bits per heavy atom. The van der Waals surface area contributed by atoms with Crippen LogP contribution in [0.2, 0.25) is 0 Å². The highest BCUT2D eigenvalue weighted by Gasteiger charge is 2.21. The number of likely N-dealkylation sites (N-methyl/N-ethyl adjacent to an activating group) is 1. The van der Waals surface area contributed by atoms with E-state index in [0.717, 1.165) is 27.9 Å². The lowest BCUT2D eigenvalue weighted by Crippen LogP contribution is -2.39. The van der Waals surface area contributed by atoms with E-state index in [1.807, 2.05) is 51.8 Å². The van der Waals surface area contributed by atoms with Crippen LogP contribution < -0.4 is 14.8 Å². The number of nitrogens with one attached hydrogen (secondary N) is 1. The van der Waals surface area contributed by atoms with Gasteiger partial charge >= 0.3 is 0 Å². The summed E-state index contributed by atoms with van der Waals surface area (Å²) in [6.07, 6.45) is 0. The maximum atomic E-state index is 12.8. The summed E-state index contributed by atoms with van der Waals surface area (Å²) in [4.78, 5) is 14.9. The Kier molecular flexibility index (Phi) is 7.08. The number of anilines is 1. The van der Waals surface area contributed by atoms with Gasteiger partial charge in [0.25, 0.3) is 0 Å². The van der Waals surface area contributed by atoms with Gasteiger partial charge in [-0.1, -0.05) is 17.7 Å². The van der Waals surface area contributed by atoms with E-state index in [0.29, 0.717) is 18.0 Å². The Morgan fingerprint density at radius 2 is 1.50 bits per heavy atom. The topological polar surface area (TPSA) is 50.8 Å². The van der Waals surface area contributed by atoms with Crippen molar-refractivity contribution in [1.29, 1.82) is 0 Å². The van der Waals surface area contributed by atoms with E-state index < -0.39 is 0 Å². The van der Waals surface area contributed by atoms with Crippen molar-refractivity contribution in [2.45, 2.75) is 47.2 Å². The third-order valence-electron chi connectivity index (χ3n) is 5.23. The molecule has 5 heteroatoms. The lowest BCUT2D eigenvalue weighted by atomic mass is 10.0. The molecule has 0 radical (unpaired) electrons. The van der Waals surface area contributed by atoms with Gasteiger partial charge in [-0.3, -0.25) is 9.69 Å². The van der Waals surface area contributed by atoms with Crippen LogP contribution in [0, 0.1) is 27.7 Å². The molecule has 2 rings (SSSR count). The molecule has 0 aliphatic carbocycles. The van der Waals surface area contributed by atoms with Crippen molar-refractivity contribution >= 4 is 11.6 Å². The normalized spacial score (nSPS) is 12.0. The van der Waals surface area contributed by atoms with E-state index in [1.165, 1.54) is 5.56 Å². The van der Waals surface area contributed by atoms with Crippen LogP contribution >= 0.6 is 0 Å². The van der Waals surface area contributed by atoms with Gasteiger partial charge in [0, 0.05) is 12.2 Å². The van der Waals surface area contributed by atoms with Crippen molar-refractivity contribution in [2.24, 2.45) is 0 Å². The predicted molar refractivity (Wildman–Crippen MR) is 114 cm³/mol. The zero-order valence-corrected chi connectivity index (χ0v) is 18.3. The number of hydrogen-bond donors (Lipinski definition) is 1. The summed E-state index contributed by atoms with van der Waals surface area (Å²) in [6, 6.07) is 7.83. The molecule has 1 N–H and O–H groups in total. The zero-order chi connectivity index (χ0) is 21.0. The van der Waals surface area contributed by atoms with E-state index in [2.05, 4.69) is 24.4 Å². The summed E-state index contributed by atoms with van der Waals surface area (Å²) >= 11 is 0. The SMILES string of the molecule is COc1cc(C)c(CN(C)C(C)C(=O)Nc2c(C)cc(C)cc2C)cc1OC. The highest BCUT2D eigenvalue weighted by Crippen LogP contribution is 2.31. The number of benzene rings is 2. The largest absolute Gasteiger partial charge is 0.493 e. The fourth-order valence-electron chi connectivity index (χ4n) is 3.40. The molecule has 0 heterocycles. The average Bonchev–Trinajstić information content (AvgIpc) is 2.64. The van der Waals surface area contributed by atoms with Crippen molar-refractivity contribution in [1.82, 2.24) is 4.90 Å². The van der Waals surface area contributed by atoms with Gasteiger partial charge in [-0.2, -0.15) is 0 Å². The molecule has 0 spiro atoms. The molecule has 2 aromatic rings. The monoisotopic (exact) mass is 384 g/mol. The molecule has 152 valence electrons. The van der Waals surface area contributed by atoms with Gasteiger partial charge in [-0.05, 0) is 76.1 Å². The van der Waals surface area contributed by atoms with E-state index in [4.69, 9.17) is 9.47 Å². The first-order valence-corrected chi connectivity index (χ1v) is 9.48. The quantitative estimate of drug-likeness (QED) is 0.769. The van der Waals surface area contributed by atoms with E-state index in [1.54, 1.807) is 14.2 Å². The van der Waals surface area contributed by atoms with Gasteiger partial charge in [-0.15, -0.1) is 0 Å². The molecule has 0 saturated carbocycles. The molecular weight excluding hydrogens is 352 g/mol. The molecule has 0 bridgehead atoms. The molecule has 0 aliphatic rings. The summed E-state index contributed by atoms with van der Waals surface area (Å²) < 4.78 is 10.8. The van der Waals surface area contributed by atoms with Crippen molar-refractivity contribution in [2.75, 3.05) is 26.6 Å². The summed E-state index contributed by atoms with van der Waals surface area (Å²) in [7, 11) is 5.21. The fourth-order valence-corrected chi connectivity index (χ4v) is 3.40. The van der Waals surface area contributed by atoms with Crippen LogP contribution in [0.4, 0.5) is 5.69 Å². The molecule has 0 aromatic heterocycles. The van der Waals surface area contributed by atoms with E-state index >= 15 is 0 Å².